The molecule has 2 saturated heterocycles. The molecule has 0 spiro atoms. The van der Waals surface area contributed by atoms with E-state index < -0.39 is 21.8 Å². The van der Waals surface area contributed by atoms with Crippen LogP contribution in [0.15, 0.2) is 53.4 Å². The molecule has 0 aliphatic carbocycles. The van der Waals surface area contributed by atoms with Crippen LogP contribution in [-0.2, 0) is 32.6 Å². The Morgan fingerprint density at radius 2 is 1.73 bits per heavy atom. The summed E-state index contributed by atoms with van der Waals surface area (Å²) in [5, 5.41) is 3.01. The lowest BCUT2D eigenvalue weighted by Crippen LogP contribution is -2.45. The molecule has 1 unspecified atom stereocenters. The average Bonchev–Trinajstić information content (AvgIpc) is 2.84. The van der Waals surface area contributed by atoms with Gasteiger partial charge in [0.1, 0.15) is 5.82 Å². The van der Waals surface area contributed by atoms with Gasteiger partial charge in [0.2, 0.25) is 15.9 Å². The van der Waals surface area contributed by atoms with E-state index in [4.69, 9.17) is 4.74 Å². The zero-order valence-corrected chi connectivity index (χ0v) is 19.4. The number of ether oxygens (including phenoxy) is 1. The standard InChI is InChI=1S/C24H30FN3O4S/c25-22-7-9-23(10-8-22)33(30,31)28-11-3-6-21(18-28)24(29)26-16-19-4-1-2-5-20(19)17-27-12-14-32-15-13-27/h1-2,4-5,7-10,21H,3,6,11-18H2,(H,26,29). The third-order valence-electron chi connectivity index (χ3n) is 6.28. The van der Waals surface area contributed by atoms with E-state index in [0.29, 0.717) is 25.9 Å². The lowest BCUT2D eigenvalue weighted by atomic mass is 9.98. The molecule has 0 saturated carbocycles. The van der Waals surface area contributed by atoms with Gasteiger partial charge in [-0.25, -0.2) is 12.8 Å². The summed E-state index contributed by atoms with van der Waals surface area (Å²) in [4.78, 5) is 15.3. The van der Waals surface area contributed by atoms with Gasteiger partial charge in [-0.05, 0) is 48.2 Å². The smallest absolute Gasteiger partial charge is 0.243 e. The number of rotatable bonds is 7. The number of nitrogens with zero attached hydrogens (tertiary/aromatic N) is 2. The van der Waals surface area contributed by atoms with Gasteiger partial charge in [-0.3, -0.25) is 9.69 Å². The van der Waals surface area contributed by atoms with Gasteiger partial charge < -0.3 is 10.1 Å². The molecule has 7 nitrogen and oxygen atoms in total. The van der Waals surface area contributed by atoms with Crippen molar-refractivity contribution >= 4 is 15.9 Å². The Hall–Kier alpha value is -2.33. The lowest BCUT2D eigenvalue weighted by Gasteiger charge is -2.31. The molecule has 4 rings (SSSR count). The molecule has 2 heterocycles. The number of morpholine rings is 1. The third-order valence-corrected chi connectivity index (χ3v) is 8.15. The molecule has 1 amide bonds. The van der Waals surface area contributed by atoms with Gasteiger partial charge in [0.25, 0.3) is 0 Å². The minimum absolute atomic E-state index is 0.0435. The van der Waals surface area contributed by atoms with Crippen molar-refractivity contribution in [2.24, 2.45) is 5.92 Å². The SMILES string of the molecule is O=C(NCc1ccccc1CN1CCOCC1)C1CCCN(S(=O)(=O)c2ccc(F)cc2)C1. The van der Waals surface area contributed by atoms with Crippen LogP contribution in [0.1, 0.15) is 24.0 Å². The molecule has 2 aromatic carbocycles. The van der Waals surface area contributed by atoms with Gasteiger partial charge in [-0.15, -0.1) is 0 Å². The maximum Gasteiger partial charge on any atom is 0.243 e. The predicted octanol–water partition coefficient (Wildman–Crippen LogP) is 2.38. The number of sulfonamides is 1. The van der Waals surface area contributed by atoms with E-state index in [1.807, 2.05) is 18.2 Å². The van der Waals surface area contributed by atoms with Gasteiger partial charge >= 0.3 is 0 Å². The summed E-state index contributed by atoms with van der Waals surface area (Å²) in [6, 6.07) is 12.9. The number of hydrogen-bond donors (Lipinski definition) is 1. The number of amides is 1. The van der Waals surface area contributed by atoms with Crippen molar-refractivity contribution in [2.75, 3.05) is 39.4 Å². The average molecular weight is 476 g/mol. The number of hydrogen-bond acceptors (Lipinski definition) is 5. The first-order chi connectivity index (χ1) is 15.9. The molecular weight excluding hydrogens is 445 g/mol. The van der Waals surface area contributed by atoms with Crippen LogP contribution in [0.5, 0.6) is 0 Å². The van der Waals surface area contributed by atoms with Crippen molar-refractivity contribution in [1.82, 2.24) is 14.5 Å². The van der Waals surface area contributed by atoms with Crippen LogP contribution in [-0.4, -0.2) is 62.9 Å². The number of halogens is 1. The van der Waals surface area contributed by atoms with Crippen molar-refractivity contribution < 1.29 is 22.3 Å². The minimum Gasteiger partial charge on any atom is -0.379 e. The summed E-state index contributed by atoms with van der Waals surface area (Å²) >= 11 is 0. The molecule has 2 aromatic rings. The Kier molecular flexibility index (Phi) is 7.75. The first-order valence-electron chi connectivity index (χ1n) is 11.3. The first kappa shape index (κ1) is 23.8. The predicted molar refractivity (Wildman–Crippen MR) is 122 cm³/mol. The van der Waals surface area contributed by atoms with Gasteiger partial charge in [-0.1, -0.05) is 24.3 Å². The molecule has 0 aromatic heterocycles. The number of carbonyl (C=O) groups is 1. The highest BCUT2D eigenvalue weighted by atomic mass is 32.2. The molecule has 178 valence electrons. The highest BCUT2D eigenvalue weighted by molar-refractivity contribution is 7.89. The summed E-state index contributed by atoms with van der Waals surface area (Å²) in [5.41, 5.74) is 2.23. The summed E-state index contributed by atoms with van der Waals surface area (Å²) < 4.78 is 45.8. The van der Waals surface area contributed by atoms with Gasteiger partial charge in [0.15, 0.2) is 0 Å². The summed E-state index contributed by atoms with van der Waals surface area (Å²) in [5.74, 6) is -1.05. The van der Waals surface area contributed by atoms with E-state index in [9.17, 15) is 17.6 Å². The highest BCUT2D eigenvalue weighted by Gasteiger charge is 2.33. The van der Waals surface area contributed by atoms with Crippen LogP contribution in [0.3, 0.4) is 0 Å². The Morgan fingerprint density at radius 1 is 1.03 bits per heavy atom. The van der Waals surface area contributed by atoms with Gasteiger partial charge in [0.05, 0.1) is 24.0 Å². The number of benzene rings is 2. The fourth-order valence-corrected chi connectivity index (χ4v) is 5.87. The summed E-state index contributed by atoms with van der Waals surface area (Å²) in [6.07, 6.45) is 1.24. The molecule has 0 bridgehead atoms. The summed E-state index contributed by atoms with van der Waals surface area (Å²) in [7, 11) is -3.76. The molecule has 9 heteroatoms. The van der Waals surface area contributed by atoms with E-state index in [0.717, 1.165) is 50.5 Å². The van der Waals surface area contributed by atoms with E-state index in [1.54, 1.807) is 0 Å². The topological polar surface area (TPSA) is 79.0 Å². The second kappa shape index (κ2) is 10.7. The van der Waals surface area contributed by atoms with E-state index in [2.05, 4.69) is 16.3 Å². The first-order valence-corrected chi connectivity index (χ1v) is 12.8. The van der Waals surface area contributed by atoms with Crippen LogP contribution in [0.2, 0.25) is 0 Å². The highest BCUT2D eigenvalue weighted by Crippen LogP contribution is 2.24. The van der Waals surface area contributed by atoms with Crippen LogP contribution >= 0.6 is 0 Å². The fraction of sp³-hybridized carbons (Fsp3) is 0.458. The van der Waals surface area contributed by atoms with Crippen LogP contribution in [0.25, 0.3) is 0 Å². The molecule has 33 heavy (non-hydrogen) atoms. The monoisotopic (exact) mass is 475 g/mol. The number of carbonyl (C=O) groups excluding carboxylic acids is 1. The quantitative estimate of drug-likeness (QED) is 0.665. The van der Waals surface area contributed by atoms with E-state index in [1.165, 1.54) is 22.0 Å². The Bertz CT molecular complexity index is 1060. The Morgan fingerprint density at radius 3 is 2.45 bits per heavy atom. The largest absolute Gasteiger partial charge is 0.379 e. The molecular formula is C24H30FN3O4S. The van der Waals surface area contributed by atoms with Gasteiger partial charge in [-0.2, -0.15) is 4.31 Å². The zero-order valence-electron chi connectivity index (χ0n) is 18.6. The van der Waals surface area contributed by atoms with Crippen molar-refractivity contribution in [3.63, 3.8) is 0 Å². The minimum atomic E-state index is -3.76. The van der Waals surface area contributed by atoms with Crippen molar-refractivity contribution in [1.29, 1.82) is 0 Å². The van der Waals surface area contributed by atoms with E-state index in [-0.39, 0.29) is 17.3 Å². The van der Waals surface area contributed by atoms with Crippen LogP contribution < -0.4 is 5.32 Å². The second-order valence-corrected chi connectivity index (χ2v) is 10.5. The van der Waals surface area contributed by atoms with E-state index >= 15 is 0 Å². The zero-order chi connectivity index (χ0) is 23.3. The number of nitrogens with one attached hydrogen (secondary N) is 1. The molecule has 0 radical (unpaired) electrons. The normalized spacial score (nSPS) is 20.5. The third kappa shape index (κ3) is 5.97. The van der Waals surface area contributed by atoms with Crippen molar-refractivity contribution in [3.8, 4) is 0 Å². The van der Waals surface area contributed by atoms with Crippen molar-refractivity contribution in [2.45, 2.75) is 30.8 Å². The van der Waals surface area contributed by atoms with Crippen LogP contribution in [0, 0.1) is 11.7 Å². The maximum atomic E-state index is 13.2. The molecule has 2 fully saturated rings. The van der Waals surface area contributed by atoms with Crippen LogP contribution in [0.4, 0.5) is 4.39 Å². The lowest BCUT2D eigenvalue weighted by molar-refractivity contribution is -0.126. The second-order valence-electron chi connectivity index (χ2n) is 8.53. The summed E-state index contributed by atoms with van der Waals surface area (Å²) in [6.45, 7) is 4.94. The Balaban J connectivity index is 1.37. The molecule has 2 aliphatic rings. The molecule has 2 aliphatic heterocycles. The fourth-order valence-electron chi connectivity index (χ4n) is 4.34. The molecule has 1 N–H and O–H groups in total. The number of piperidine rings is 1. The van der Waals surface area contributed by atoms with Gasteiger partial charge in [0, 0.05) is 39.3 Å². The maximum absolute atomic E-state index is 13.2. The Labute approximate surface area is 194 Å². The molecule has 1 atom stereocenters. The van der Waals surface area contributed by atoms with Crippen molar-refractivity contribution in [3.05, 3.63) is 65.5 Å².